The van der Waals surface area contributed by atoms with E-state index in [1.807, 2.05) is 30.3 Å². The molecule has 2 aromatic rings. The van der Waals surface area contributed by atoms with E-state index in [0.717, 1.165) is 18.7 Å². The Morgan fingerprint density at radius 3 is 2.32 bits per heavy atom. The summed E-state index contributed by atoms with van der Waals surface area (Å²) >= 11 is 0. The Kier molecular flexibility index (Phi) is 9.57. The van der Waals surface area contributed by atoms with Gasteiger partial charge in [-0.3, -0.25) is 25.3 Å². The summed E-state index contributed by atoms with van der Waals surface area (Å²) in [7, 11) is 1.68. The highest BCUT2D eigenvalue weighted by Gasteiger charge is 2.14. The Morgan fingerprint density at radius 2 is 1.65 bits per heavy atom. The van der Waals surface area contributed by atoms with Crippen molar-refractivity contribution in [2.45, 2.75) is 33.4 Å². The lowest BCUT2D eigenvalue weighted by molar-refractivity contribution is -0.121. The summed E-state index contributed by atoms with van der Waals surface area (Å²) in [6.45, 7) is 7.10. The summed E-state index contributed by atoms with van der Waals surface area (Å²) in [5.41, 5.74) is 5.65. The molecule has 4 amide bonds. The van der Waals surface area contributed by atoms with Gasteiger partial charge in [-0.25, -0.2) is 4.79 Å². The van der Waals surface area contributed by atoms with Crippen LogP contribution in [0, 0.1) is 0 Å². The Hall–Kier alpha value is -3.33. The molecule has 1 aromatic heterocycles. The van der Waals surface area contributed by atoms with Gasteiger partial charge in [0.2, 0.25) is 5.91 Å². The average Bonchev–Trinajstić information content (AvgIpc) is 3.25. The highest BCUT2D eigenvalue weighted by atomic mass is 16.4. The Balaban J connectivity index is 1.67. The molecule has 0 bridgehead atoms. The Labute approximate surface area is 182 Å². The zero-order valence-electron chi connectivity index (χ0n) is 18.3. The van der Waals surface area contributed by atoms with E-state index in [4.69, 9.17) is 4.42 Å². The standard InChI is InChI=1S/C22H31N5O4/c1-4-27(5-2)16-18-11-12-19(31-18)21(29)25-24-20(28)13-14-23-22(30)26(3)15-17-9-7-6-8-10-17/h6-12H,4-5,13-16H2,1-3H3,(H,23,30)(H,24,28)(H,25,29). The average molecular weight is 430 g/mol. The third-order valence-electron chi connectivity index (χ3n) is 4.71. The number of hydrogen-bond acceptors (Lipinski definition) is 5. The molecule has 0 aliphatic carbocycles. The number of nitrogens with one attached hydrogen (secondary N) is 3. The van der Waals surface area contributed by atoms with Crippen LogP contribution in [0.1, 0.15) is 42.1 Å². The van der Waals surface area contributed by atoms with E-state index in [1.165, 1.54) is 4.90 Å². The maximum absolute atomic E-state index is 12.1. The molecule has 9 nitrogen and oxygen atoms in total. The van der Waals surface area contributed by atoms with Crippen molar-refractivity contribution in [3.05, 3.63) is 59.5 Å². The minimum atomic E-state index is -0.536. The topological polar surface area (TPSA) is 107 Å². The number of carbonyl (C=O) groups is 3. The quantitative estimate of drug-likeness (QED) is 0.502. The predicted molar refractivity (Wildman–Crippen MR) is 117 cm³/mol. The van der Waals surface area contributed by atoms with Gasteiger partial charge in [0.25, 0.3) is 0 Å². The van der Waals surface area contributed by atoms with E-state index in [9.17, 15) is 14.4 Å². The normalized spacial score (nSPS) is 10.6. The van der Waals surface area contributed by atoms with Crippen LogP contribution in [-0.2, 0) is 17.9 Å². The van der Waals surface area contributed by atoms with E-state index >= 15 is 0 Å². The summed E-state index contributed by atoms with van der Waals surface area (Å²) in [5, 5.41) is 2.68. The SMILES string of the molecule is CCN(CC)Cc1ccc(C(=O)NNC(=O)CCNC(=O)N(C)Cc2ccccc2)o1. The molecule has 0 aliphatic rings. The van der Waals surface area contributed by atoms with Crippen LogP contribution >= 0.6 is 0 Å². The van der Waals surface area contributed by atoms with Crippen LogP contribution in [-0.4, -0.2) is 54.3 Å². The second-order valence-electron chi connectivity index (χ2n) is 7.05. The molecule has 0 aliphatic heterocycles. The second kappa shape index (κ2) is 12.4. The van der Waals surface area contributed by atoms with E-state index < -0.39 is 11.8 Å². The van der Waals surface area contributed by atoms with Crippen LogP contribution in [0.4, 0.5) is 4.79 Å². The predicted octanol–water partition coefficient (Wildman–Crippen LogP) is 2.11. The van der Waals surface area contributed by atoms with E-state index in [-0.39, 0.29) is 24.8 Å². The van der Waals surface area contributed by atoms with Crippen LogP contribution in [0.25, 0.3) is 0 Å². The van der Waals surface area contributed by atoms with Gasteiger partial charge in [-0.2, -0.15) is 0 Å². The highest BCUT2D eigenvalue weighted by molar-refractivity contribution is 5.93. The minimum Gasteiger partial charge on any atom is -0.454 e. The fourth-order valence-corrected chi connectivity index (χ4v) is 2.85. The lowest BCUT2D eigenvalue weighted by Crippen LogP contribution is -2.43. The highest BCUT2D eigenvalue weighted by Crippen LogP contribution is 2.10. The smallest absolute Gasteiger partial charge is 0.317 e. The first kappa shape index (κ1) is 23.9. The molecule has 0 atom stereocenters. The molecular formula is C22H31N5O4. The van der Waals surface area contributed by atoms with Crippen molar-refractivity contribution in [3.63, 3.8) is 0 Å². The van der Waals surface area contributed by atoms with Crippen LogP contribution in [0.5, 0.6) is 0 Å². The number of urea groups is 1. The van der Waals surface area contributed by atoms with Gasteiger partial charge in [0.05, 0.1) is 6.54 Å². The van der Waals surface area contributed by atoms with Crippen molar-refractivity contribution in [2.75, 3.05) is 26.7 Å². The summed E-state index contributed by atoms with van der Waals surface area (Å²) < 4.78 is 5.53. The van der Waals surface area contributed by atoms with Gasteiger partial charge in [0, 0.05) is 26.6 Å². The molecule has 0 fully saturated rings. The van der Waals surface area contributed by atoms with Crippen molar-refractivity contribution in [1.82, 2.24) is 26.0 Å². The first-order valence-corrected chi connectivity index (χ1v) is 10.4. The summed E-state index contributed by atoms with van der Waals surface area (Å²) in [6, 6.07) is 12.6. The number of furan rings is 1. The first-order chi connectivity index (χ1) is 14.9. The molecule has 168 valence electrons. The van der Waals surface area contributed by atoms with E-state index in [0.29, 0.717) is 18.8 Å². The van der Waals surface area contributed by atoms with Crippen LogP contribution in [0.15, 0.2) is 46.9 Å². The lowest BCUT2D eigenvalue weighted by Gasteiger charge is -2.18. The molecule has 0 spiro atoms. The molecule has 1 heterocycles. The van der Waals surface area contributed by atoms with Crippen molar-refractivity contribution >= 4 is 17.8 Å². The summed E-state index contributed by atoms with van der Waals surface area (Å²) in [5.74, 6) is -0.152. The maximum atomic E-state index is 12.1. The number of carbonyl (C=O) groups excluding carboxylic acids is 3. The molecule has 9 heteroatoms. The Bertz CT molecular complexity index is 849. The van der Waals surface area contributed by atoms with Crippen LogP contribution in [0.2, 0.25) is 0 Å². The third-order valence-corrected chi connectivity index (χ3v) is 4.71. The van der Waals surface area contributed by atoms with E-state index in [2.05, 4.69) is 34.9 Å². The summed E-state index contributed by atoms with van der Waals surface area (Å²) in [6.07, 6.45) is 0.0244. The maximum Gasteiger partial charge on any atom is 0.317 e. The molecule has 31 heavy (non-hydrogen) atoms. The first-order valence-electron chi connectivity index (χ1n) is 10.4. The van der Waals surface area contributed by atoms with Crippen molar-refractivity contribution in [1.29, 1.82) is 0 Å². The molecule has 1 aromatic carbocycles. The van der Waals surface area contributed by atoms with Gasteiger partial charge in [0.15, 0.2) is 5.76 Å². The molecule has 3 N–H and O–H groups in total. The van der Waals surface area contributed by atoms with E-state index in [1.54, 1.807) is 19.2 Å². The van der Waals surface area contributed by atoms with Crippen LogP contribution < -0.4 is 16.2 Å². The largest absolute Gasteiger partial charge is 0.454 e. The second-order valence-corrected chi connectivity index (χ2v) is 7.05. The monoisotopic (exact) mass is 429 g/mol. The van der Waals surface area contributed by atoms with Gasteiger partial charge >= 0.3 is 11.9 Å². The third kappa shape index (κ3) is 8.13. The molecule has 0 saturated carbocycles. The Morgan fingerprint density at radius 1 is 0.935 bits per heavy atom. The van der Waals surface area contributed by atoms with Gasteiger partial charge in [0.1, 0.15) is 5.76 Å². The van der Waals surface area contributed by atoms with Gasteiger partial charge in [-0.05, 0) is 30.8 Å². The lowest BCUT2D eigenvalue weighted by atomic mass is 10.2. The molecule has 2 rings (SSSR count). The summed E-state index contributed by atoms with van der Waals surface area (Å²) in [4.78, 5) is 39.8. The molecule has 0 radical (unpaired) electrons. The minimum absolute atomic E-state index is 0.0244. The van der Waals surface area contributed by atoms with Gasteiger partial charge in [-0.15, -0.1) is 0 Å². The van der Waals surface area contributed by atoms with Gasteiger partial charge < -0.3 is 14.6 Å². The number of nitrogens with zero attached hydrogens (tertiary/aromatic N) is 2. The van der Waals surface area contributed by atoms with Crippen molar-refractivity contribution in [3.8, 4) is 0 Å². The zero-order valence-corrected chi connectivity index (χ0v) is 18.3. The molecule has 0 saturated heterocycles. The number of hydrogen-bond donors (Lipinski definition) is 3. The van der Waals surface area contributed by atoms with Crippen LogP contribution in [0.3, 0.4) is 0 Å². The zero-order chi connectivity index (χ0) is 22.6. The number of hydrazine groups is 1. The van der Waals surface area contributed by atoms with Crippen molar-refractivity contribution in [2.24, 2.45) is 0 Å². The fourth-order valence-electron chi connectivity index (χ4n) is 2.85. The fraction of sp³-hybridized carbons (Fsp3) is 0.409. The van der Waals surface area contributed by atoms with Crippen molar-refractivity contribution < 1.29 is 18.8 Å². The molecular weight excluding hydrogens is 398 g/mol. The van der Waals surface area contributed by atoms with Gasteiger partial charge in [-0.1, -0.05) is 44.2 Å². The number of rotatable bonds is 10. The molecule has 0 unspecified atom stereocenters. The number of benzene rings is 1. The number of amides is 4.